The molecule has 83 heavy (non-hydrogen) atoms. The summed E-state index contributed by atoms with van der Waals surface area (Å²) in [6, 6.07) is 15.0. The molecule has 5 rings (SSSR count). The number of aliphatic carboxylic acids is 2. The molecule has 0 saturated carbocycles. The third kappa shape index (κ3) is 23.0. The monoisotopic (exact) mass is 1300 g/mol. The number of ketones is 1. The highest BCUT2D eigenvalue weighted by molar-refractivity contribution is 14.1. The SMILES string of the molecule is CC(CCC(=O)N[C@@H](CC(=O)N[C@@H](CC(=O)N[C@@H](CCCCn1cc(CCCC(=O)Nc2nnc(S(N)(=O)=O)s2)nn1)C(=O)NCCOCCOCCCC(=O)c1ccc([125I])cc1)C(=O)O)C(=O)O)(c1ccc(O)cc1)c1ccc(O)cc1. The predicted octanol–water partition coefficient (Wildman–Crippen LogP) is 2.93. The van der Waals surface area contributed by atoms with Crippen LogP contribution in [0.2, 0.25) is 0 Å². The van der Waals surface area contributed by atoms with Gasteiger partial charge in [-0.25, -0.2) is 23.1 Å². The van der Waals surface area contributed by atoms with Crippen molar-refractivity contribution in [2.24, 2.45) is 5.14 Å². The first kappa shape index (κ1) is 66.3. The van der Waals surface area contributed by atoms with Gasteiger partial charge in [-0.05, 0) is 115 Å². The number of benzene rings is 3. The number of aromatic nitrogens is 5. The van der Waals surface area contributed by atoms with Gasteiger partial charge in [0, 0.05) is 59.7 Å². The Morgan fingerprint density at radius 1 is 0.687 bits per heavy atom. The molecule has 2 heterocycles. The first-order valence-corrected chi connectivity index (χ1v) is 29.6. The van der Waals surface area contributed by atoms with E-state index in [1.165, 1.54) is 24.3 Å². The highest BCUT2D eigenvalue weighted by Gasteiger charge is 2.33. The summed E-state index contributed by atoms with van der Waals surface area (Å²) in [4.78, 5) is 103. The second-order valence-corrected chi connectivity index (χ2v) is 23.2. The summed E-state index contributed by atoms with van der Waals surface area (Å²) >= 11 is 2.78. The molecule has 0 aliphatic rings. The van der Waals surface area contributed by atoms with Crippen molar-refractivity contribution in [2.75, 3.05) is 38.3 Å². The number of carbonyl (C=O) groups is 8. The van der Waals surface area contributed by atoms with Crippen LogP contribution in [0, 0.1) is 3.57 Å². The zero-order chi connectivity index (χ0) is 60.5. The van der Waals surface area contributed by atoms with Gasteiger partial charge in [0.05, 0.1) is 38.4 Å². The number of rotatable bonds is 37. The number of phenolic OH excluding ortho intramolecular Hbond substituents is 2. The van der Waals surface area contributed by atoms with Gasteiger partial charge in [-0.1, -0.05) is 59.9 Å². The summed E-state index contributed by atoms with van der Waals surface area (Å²) in [5.41, 5.74) is 1.74. The van der Waals surface area contributed by atoms with E-state index in [9.17, 15) is 67.2 Å². The fraction of sp³-hybridized carbons (Fsp3) is 0.434. The number of unbranched alkanes of at least 4 members (excludes halogenated alkanes) is 1. The first-order valence-electron chi connectivity index (χ1n) is 26.2. The number of aromatic hydroxyl groups is 2. The van der Waals surface area contributed by atoms with Gasteiger partial charge in [-0.2, -0.15) is 0 Å². The Hall–Kier alpha value is -7.52. The van der Waals surface area contributed by atoms with E-state index < -0.39 is 92.2 Å². The number of carboxylic acid groups (broad SMARTS) is 2. The average Bonchev–Trinajstić information content (AvgIpc) is 4.13. The maximum atomic E-state index is 13.5. The average molecular weight is 1300 g/mol. The lowest BCUT2D eigenvalue weighted by atomic mass is 9.73. The van der Waals surface area contributed by atoms with Gasteiger partial charge in [-0.15, -0.1) is 15.3 Å². The minimum Gasteiger partial charge on any atom is -0.508 e. The van der Waals surface area contributed by atoms with Crippen molar-refractivity contribution in [3.63, 3.8) is 0 Å². The van der Waals surface area contributed by atoms with E-state index in [0.29, 0.717) is 85.4 Å². The zero-order valence-corrected chi connectivity index (χ0v) is 49.0. The Morgan fingerprint density at radius 2 is 1.27 bits per heavy atom. The second kappa shape index (κ2) is 32.9. The van der Waals surface area contributed by atoms with E-state index in [4.69, 9.17) is 14.6 Å². The van der Waals surface area contributed by atoms with E-state index >= 15 is 0 Å². The third-order valence-corrected chi connectivity index (χ3v) is 15.7. The van der Waals surface area contributed by atoms with Crippen LogP contribution in [0.4, 0.5) is 5.13 Å². The minimum atomic E-state index is -4.07. The Kier molecular flexibility index (Phi) is 26.3. The van der Waals surface area contributed by atoms with E-state index in [-0.39, 0.29) is 74.5 Å². The molecule has 5 aromatic rings. The van der Waals surface area contributed by atoms with Crippen molar-refractivity contribution in [3.05, 3.63) is 105 Å². The maximum absolute atomic E-state index is 13.5. The quantitative estimate of drug-likeness (QED) is 0.0118. The molecule has 0 spiro atoms. The molecule has 11 N–H and O–H groups in total. The lowest BCUT2D eigenvalue weighted by Crippen LogP contribution is -2.51. The summed E-state index contributed by atoms with van der Waals surface area (Å²) < 4.78 is 36.2. The van der Waals surface area contributed by atoms with Gasteiger partial charge in [0.1, 0.15) is 29.6 Å². The highest BCUT2D eigenvalue weighted by atomic mass is 125. The summed E-state index contributed by atoms with van der Waals surface area (Å²) in [6.45, 7) is 3.00. The van der Waals surface area contributed by atoms with Crippen LogP contribution in [0.15, 0.2) is 83.3 Å². The number of amides is 5. The number of primary sulfonamides is 1. The molecular formula is C53H66IN11O16S2. The second-order valence-electron chi connectivity index (χ2n) is 19.2. The van der Waals surface area contributed by atoms with Gasteiger partial charge in [0.15, 0.2) is 5.78 Å². The molecule has 0 unspecified atom stereocenters. The van der Waals surface area contributed by atoms with Crippen LogP contribution >= 0.6 is 33.9 Å². The van der Waals surface area contributed by atoms with E-state index in [1.807, 2.05) is 19.1 Å². The molecule has 3 atom stereocenters. The number of carbonyl (C=O) groups excluding carboxylic acids is 6. The molecule has 3 aromatic carbocycles. The molecule has 0 bridgehead atoms. The number of aryl methyl sites for hydroxylation is 2. The molecular weight excluding hydrogens is 1240 g/mol. The molecule has 30 heteroatoms. The molecule has 27 nitrogen and oxygen atoms in total. The van der Waals surface area contributed by atoms with E-state index in [2.05, 4.69) is 69.7 Å². The zero-order valence-electron chi connectivity index (χ0n) is 45.2. The maximum Gasteiger partial charge on any atom is 0.326 e. The van der Waals surface area contributed by atoms with E-state index in [0.717, 1.165) is 3.57 Å². The topological polar surface area (TPSA) is 413 Å². The Balaban J connectivity index is 1.11. The number of nitrogens with two attached hydrogens (primary N) is 1. The first-order chi connectivity index (χ1) is 39.5. The summed E-state index contributed by atoms with van der Waals surface area (Å²) in [6.07, 6.45) is 2.24. The third-order valence-electron chi connectivity index (χ3n) is 12.8. The number of carboxylic acids is 2. The van der Waals surface area contributed by atoms with Gasteiger partial charge in [-0.3, -0.25) is 33.4 Å². The van der Waals surface area contributed by atoms with Crippen molar-refractivity contribution in [1.82, 2.24) is 46.5 Å². The number of sulfonamides is 1. The lowest BCUT2D eigenvalue weighted by molar-refractivity contribution is -0.145. The predicted molar refractivity (Wildman–Crippen MR) is 306 cm³/mol. The molecule has 5 amide bonds. The summed E-state index contributed by atoms with van der Waals surface area (Å²) in [5.74, 6) is -7.06. The van der Waals surface area contributed by atoms with Gasteiger partial charge in [0.2, 0.25) is 39.0 Å². The number of nitrogens with zero attached hydrogens (tertiary/aromatic N) is 5. The van der Waals surface area contributed by atoms with Crippen LogP contribution in [0.5, 0.6) is 11.5 Å². The largest absolute Gasteiger partial charge is 0.508 e. The molecule has 0 saturated heterocycles. The van der Waals surface area contributed by atoms with Crippen molar-refractivity contribution in [3.8, 4) is 11.5 Å². The molecule has 0 radical (unpaired) electrons. The molecule has 0 fully saturated rings. The molecule has 0 aliphatic heterocycles. The highest BCUT2D eigenvalue weighted by Crippen LogP contribution is 2.38. The minimum absolute atomic E-state index is 0.0103. The number of Topliss-reactive ketones (excluding diaryl/α,β-unsaturated/α-hetero) is 1. The normalized spacial score (nSPS) is 12.6. The standard InChI is InChI=1S/C53H66IN11O16S2/c1-53(34-12-18-38(66)19-13-34,35-14-20-39(67)21-15-35)23-22-45(70)58-41(49(74)75)30-47(72)59-42(50(76)77)31-46(71)57-40(48(73)56-24-27-81-29-28-80-26-5-8-43(68)33-10-16-36(54)17-11-33)7-2-3-25-65-32-37(61-64-65)6-4-9-44(69)60-51-62-63-52(82-51)83(55,78)79/h10-21,32,40-42,66-67H,2-9,22-31H2,1H3,(H,56,73)(H,57,71)(H,58,70)(H,59,72)(H,74,75)(H,76,77)(H2,55,78,79)(H,60,62,69)/t40-,41-,42-/m0/s1/i54-2. The van der Waals surface area contributed by atoms with E-state index in [1.54, 1.807) is 47.3 Å². The fourth-order valence-corrected chi connectivity index (χ4v) is 9.98. The van der Waals surface area contributed by atoms with Crippen LogP contribution in [-0.4, -0.2) is 152 Å². The number of halogens is 1. The number of anilines is 1. The number of hydrogen-bond donors (Lipinski definition) is 10. The summed E-state index contributed by atoms with van der Waals surface area (Å²) in [7, 11) is -4.07. The van der Waals surface area contributed by atoms with Gasteiger partial charge < -0.3 is 56.5 Å². The smallest absolute Gasteiger partial charge is 0.326 e. The van der Waals surface area contributed by atoms with Crippen LogP contribution in [-0.2, 0) is 71.4 Å². The Labute approximate surface area is 495 Å². The van der Waals surface area contributed by atoms with Crippen LogP contribution in [0.25, 0.3) is 0 Å². The number of ether oxygens (including phenoxy) is 2. The van der Waals surface area contributed by atoms with Crippen LogP contribution in [0.3, 0.4) is 0 Å². The number of phenols is 2. The molecule has 2 aromatic heterocycles. The Bertz CT molecular complexity index is 3060. The van der Waals surface area contributed by atoms with Crippen LogP contribution < -0.4 is 31.7 Å². The van der Waals surface area contributed by atoms with Crippen molar-refractivity contribution >= 4 is 96.3 Å². The van der Waals surface area contributed by atoms with Gasteiger partial charge in [0.25, 0.3) is 10.0 Å². The van der Waals surface area contributed by atoms with Gasteiger partial charge >= 0.3 is 11.9 Å². The fourth-order valence-electron chi connectivity index (χ4n) is 8.27. The van der Waals surface area contributed by atoms with Crippen molar-refractivity contribution < 1.29 is 76.7 Å². The van der Waals surface area contributed by atoms with Crippen LogP contribution in [0.1, 0.15) is 105 Å². The molecule has 0 aliphatic carbocycles. The number of nitrogens with one attached hydrogen (secondary N) is 5. The summed E-state index contributed by atoms with van der Waals surface area (Å²) in [5, 5.41) is 72.2. The Morgan fingerprint density at radius 3 is 1.84 bits per heavy atom. The molecule has 448 valence electrons. The lowest BCUT2D eigenvalue weighted by Gasteiger charge is -2.31. The number of hydrogen-bond acceptors (Lipinski definition) is 19. The van der Waals surface area contributed by atoms with Crippen molar-refractivity contribution in [2.45, 2.75) is 118 Å². The van der Waals surface area contributed by atoms with Crippen molar-refractivity contribution in [1.29, 1.82) is 0 Å².